The predicted octanol–water partition coefficient (Wildman–Crippen LogP) is 0.690. The molecule has 1 aromatic rings. The topological polar surface area (TPSA) is 84.3 Å². The van der Waals surface area contributed by atoms with Crippen molar-refractivity contribution in [2.24, 2.45) is 5.92 Å². The first-order valence-electron chi connectivity index (χ1n) is 7.41. The molecule has 0 aromatic carbocycles. The fourth-order valence-corrected chi connectivity index (χ4v) is 3.40. The minimum absolute atomic E-state index is 0.129. The number of nitrogens with one attached hydrogen (secondary N) is 1. The fraction of sp³-hybridized carbons (Fsp3) is 0.692. The lowest BCUT2D eigenvalue weighted by Gasteiger charge is -2.29. The lowest BCUT2D eigenvalue weighted by atomic mass is 9.97. The molecule has 1 N–H and O–H groups in total. The van der Waals surface area contributed by atoms with E-state index < -0.39 is 21.9 Å². The van der Waals surface area contributed by atoms with E-state index in [9.17, 15) is 26.4 Å². The maximum atomic E-state index is 12.4. The standard InChI is InChI=1S/C13H19F3N4O3S/c1-24(22,23)20-7-2-10(3-8-20)12(21)17-5-9-19-6-4-11(18-19)13(14,15)16/h4,6,10H,2-3,5,7-9H2,1H3,(H,17,21). The molecule has 11 heteroatoms. The highest BCUT2D eigenvalue weighted by atomic mass is 32.2. The van der Waals surface area contributed by atoms with E-state index in [1.807, 2.05) is 0 Å². The number of hydrogen-bond acceptors (Lipinski definition) is 4. The molecule has 0 unspecified atom stereocenters. The van der Waals surface area contributed by atoms with Gasteiger partial charge in [0.05, 0.1) is 12.8 Å². The van der Waals surface area contributed by atoms with Gasteiger partial charge in [0.2, 0.25) is 15.9 Å². The van der Waals surface area contributed by atoms with Crippen LogP contribution in [0.5, 0.6) is 0 Å². The molecule has 24 heavy (non-hydrogen) atoms. The Morgan fingerprint density at radius 3 is 2.50 bits per heavy atom. The quantitative estimate of drug-likeness (QED) is 0.829. The highest BCUT2D eigenvalue weighted by Gasteiger charge is 2.33. The zero-order valence-electron chi connectivity index (χ0n) is 13.1. The summed E-state index contributed by atoms with van der Waals surface area (Å²) in [5, 5.41) is 6.05. The van der Waals surface area contributed by atoms with Gasteiger partial charge >= 0.3 is 6.18 Å². The van der Waals surface area contributed by atoms with Crippen LogP contribution in [-0.2, 0) is 27.5 Å². The molecule has 1 aliphatic rings. The molecule has 136 valence electrons. The van der Waals surface area contributed by atoms with Crippen molar-refractivity contribution in [1.82, 2.24) is 19.4 Å². The van der Waals surface area contributed by atoms with E-state index >= 15 is 0 Å². The van der Waals surface area contributed by atoms with Crippen molar-refractivity contribution in [1.29, 1.82) is 0 Å². The van der Waals surface area contributed by atoms with Gasteiger partial charge in [-0.25, -0.2) is 12.7 Å². The summed E-state index contributed by atoms with van der Waals surface area (Å²) >= 11 is 0. The second-order valence-corrected chi connectivity index (χ2v) is 7.67. The Hall–Kier alpha value is -1.62. The molecule has 2 heterocycles. The molecule has 0 saturated carbocycles. The number of halogens is 3. The molecule has 0 atom stereocenters. The Morgan fingerprint density at radius 2 is 2.00 bits per heavy atom. The number of aromatic nitrogens is 2. The van der Waals surface area contributed by atoms with Crippen LogP contribution in [0.1, 0.15) is 18.5 Å². The zero-order chi connectivity index (χ0) is 18.0. The SMILES string of the molecule is CS(=O)(=O)N1CCC(C(=O)NCCn2ccc(C(F)(F)F)n2)CC1. The van der Waals surface area contributed by atoms with Crippen LogP contribution in [0.3, 0.4) is 0 Å². The van der Waals surface area contributed by atoms with Crippen LogP contribution in [0.4, 0.5) is 13.2 Å². The lowest BCUT2D eigenvalue weighted by Crippen LogP contribution is -2.43. The van der Waals surface area contributed by atoms with Crippen LogP contribution in [0, 0.1) is 5.92 Å². The van der Waals surface area contributed by atoms with Crippen LogP contribution in [-0.4, -0.2) is 54.3 Å². The highest BCUT2D eigenvalue weighted by molar-refractivity contribution is 7.88. The first-order chi connectivity index (χ1) is 11.1. The van der Waals surface area contributed by atoms with Crippen LogP contribution in [0.25, 0.3) is 0 Å². The van der Waals surface area contributed by atoms with Crippen molar-refractivity contribution in [3.05, 3.63) is 18.0 Å². The van der Waals surface area contributed by atoms with Gasteiger partial charge < -0.3 is 5.32 Å². The minimum Gasteiger partial charge on any atom is -0.354 e. The fourth-order valence-electron chi connectivity index (χ4n) is 2.53. The average molecular weight is 368 g/mol. The molecule has 1 aromatic heterocycles. The third kappa shape index (κ3) is 4.94. The van der Waals surface area contributed by atoms with E-state index in [4.69, 9.17) is 0 Å². The Morgan fingerprint density at radius 1 is 1.38 bits per heavy atom. The molecule has 0 bridgehead atoms. The van der Waals surface area contributed by atoms with Crippen molar-refractivity contribution < 1.29 is 26.4 Å². The van der Waals surface area contributed by atoms with Gasteiger partial charge in [0.15, 0.2) is 5.69 Å². The molecule has 1 amide bonds. The van der Waals surface area contributed by atoms with Crippen LogP contribution < -0.4 is 5.32 Å². The number of rotatable bonds is 5. The Labute approximate surface area is 137 Å². The summed E-state index contributed by atoms with van der Waals surface area (Å²) in [4.78, 5) is 12.0. The van der Waals surface area contributed by atoms with E-state index in [0.717, 1.165) is 17.0 Å². The number of sulfonamides is 1. The average Bonchev–Trinajstić information content (AvgIpc) is 2.95. The van der Waals surface area contributed by atoms with Crippen molar-refractivity contribution in [2.45, 2.75) is 25.6 Å². The van der Waals surface area contributed by atoms with Crippen molar-refractivity contribution in [3.63, 3.8) is 0 Å². The molecule has 0 radical (unpaired) electrons. The predicted molar refractivity (Wildman–Crippen MR) is 79.4 cm³/mol. The molecule has 0 spiro atoms. The molecule has 7 nitrogen and oxygen atoms in total. The van der Waals surface area contributed by atoms with E-state index in [0.29, 0.717) is 25.9 Å². The summed E-state index contributed by atoms with van der Waals surface area (Å²) in [5.74, 6) is -0.502. The number of hydrogen-bond donors (Lipinski definition) is 1. The van der Waals surface area contributed by atoms with Gasteiger partial charge in [-0.3, -0.25) is 9.48 Å². The first-order valence-corrected chi connectivity index (χ1v) is 9.25. The van der Waals surface area contributed by atoms with Crippen LogP contribution >= 0.6 is 0 Å². The van der Waals surface area contributed by atoms with Crippen molar-refractivity contribution in [3.8, 4) is 0 Å². The largest absolute Gasteiger partial charge is 0.435 e. The number of nitrogens with zero attached hydrogens (tertiary/aromatic N) is 3. The molecule has 1 aliphatic heterocycles. The van der Waals surface area contributed by atoms with Gasteiger partial charge in [0.25, 0.3) is 0 Å². The van der Waals surface area contributed by atoms with Gasteiger partial charge in [0, 0.05) is 31.7 Å². The number of piperidine rings is 1. The third-order valence-electron chi connectivity index (χ3n) is 3.86. The Bertz CT molecular complexity index is 679. The summed E-state index contributed by atoms with van der Waals surface area (Å²) in [6, 6.07) is 0.878. The lowest BCUT2D eigenvalue weighted by molar-refractivity contribution is -0.141. The molecule has 0 aliphatic carbocycles. The number of alkyl halides is 3. The molecule has 2 rings (SSSR count). The molecular formula is C13H19F3N4O3S. The van der Waals surface area contributed by atoms with Crippen LogP contribution in [0.2, 0.25) is 0 Å². The smallest absolute Gasteiger partial charge is 0.354 e. The molecule has 1 fully saturated rings. The maximum Gasteiger partial charge on any atom is 0.435 e. The monoisotopic (exact) mass is 368 g/mol. The zero-order valence-corrected chi connectivity index (χ0v) is 13.9. The summed E-state index contributed by atoms with van der Waals surface area (Å²) in [6.45, 7) is 0.879. The molecular weight excluding hydrogens is 349 g/mol. The second kappa shape index (κ2) is 7.09. The highest BCUT2D eigenvalue weighted by Crippen LogP contribution is 2.27. The Balaban J connectivity index is 1.75. The van der Waals surface area contributed by atoms with Crippen molar-refractivity contribution in [2.75, 3.05) is 25.9 Å². The summed E-state index contributed by atoms with van der Waals surface area (Å²) in [5.41, 5.74) is -0.970. The van der Waals surface area contributed by atoms with Gasteiger partial charge in [-0.2, -0.15) is 18.3 Å². The van der Waals surface area contributed by atoms with Crippen molar-refractivity contribution >= 4 is 15.9 Å². The van der Waals surface area contributed by atoms with Gasteiger partial charge in [-0.15, -0.1) is 0 Å². The van der Waals surface area contributed by atoms with E-state index in [1.165, 1.54) is 10.5 Å². The third-order valence-corrected chi connectivity index (χ3v) is 5.17. The van der Waals surface area contributed by atoms with Crippen LogP contribution in [0.15, 0.2) is 12.3 Å². The van der Waals surface area contributed by atoms with E-state index in [-0.39, 0.29) is 24.9 Å². The van der Waals surface area contributed by atoms with E-state index in [1.54, 1.807) is 0 Å². The normalized spacial score (nSPS) is 17.8. The number of carbonyl (C=O) groups is 1. The summed E-state index contributed by atoms with van der Waals surface area (Å²) in [6.07, 6.45) is -1.29. The second-order valence-electron chi connectivity index (χ2n) is 5.69. The van der Waals surface area contributed by atoms with E-state index in [2.05, 4.69) is 10.4 Å². The number of carbonyl (C=O) groups excluding carboxylic acids is 1. The first kappa shape index (κ1) is 18.7. The van der Waals surface area contributed by atoms with Gasteiger partial charge in [0.1, 0.15) is 0 Å². The number of amides is 1. The van der Waals surface area contributed by atoms with Gasteiger partial charge in [-0.05, 0) is 18.9 Å². The summed E-state index contributed by atoms with van der Waals surface area (Å²) in [7, 11) is -3.24. The maximum absolute atomic E-state index is 12.4. The van der Waals surface area contributed by atoms with Gasteiger partial charge in [-0.1, -0.05) is 0 Å². The summed E-state index contributed by atoms with van der Waals surface area (Å²) < 4.78 is 62.5. The molecule has 1 saturated heterocycles. The Kier molecular flexibility index (Phi) is 5.53. The minimum atomic E-state index is -4.48.